The van der Waals surface area contributed by atoms with Crippen molar-refractivity contribution < 1.29 is 19.8 Å². The molecule has 0 aliphatic heterocycles. The molecule has 1 aromatic rings. The fourth-order valence-electron chi connectivity index (χ4n) is 1.34. The van der Waals surface area contributed by atoms with E-state index in [1.807, 2.05) is 0 Å². The average molecular weight is 275 g/mol. The van der Waals surface area contributed by atoms with E-state index < -0.39 is 12.1 Å². The summed E-state index contributed by atoms with van der Waals surface area (Å²) in [5.41, 5.74) is 0.768. The normalized spacial score (nSPS) is 12.2. The molecule has 0 amide bonds. The van der Waals surface area contributed by atoms with E-state index in [-0.39, 0.29) is 23.6 Å². The van der Waals surface area contributed by atoms with E-state index >= 15 is 0 Å². The summed E-state index contributed by atoms with van der Waals surface area (Å²) in [4.78, 5) is 22.2. The van der Waals surface area contributed by atoms with Crippen molar-refractivity contribution in [1.29, 1.82) is 0 Å². The number of carboxylic acid groups (broad SMARTS) is 1. The van der Waals surface area contributed by atoms with Crippen molar-refractivity contribution in [2.45, 2.75) is 17.4 Å². The molecule has 6 heteroatoms. The number of hydrogen-bond donors (Lipinski definition) is 3. The number of rotatable bonds is 5. The molecule has 0 saturated carbocycles. The SMILES string of the molecule is O=C(CCl)Cc1ccc(S)c(C(O)C(=O)O)c1. The molecule has 0 saturated heterocycles. The third-order valence-corrected chi connectivity index (χ3v) is 2.88. The Morgan fingerprint density at radius 1 is 1.41 bits per heavy atom. The van der Waals surface area contributed by atoms with Gasteiger partial charge in [0.15, 0.2) is 11.9 Å². The summed E-state index contributed by atoms with van der Waals surface area (Å²) in [6, 6.07) is 4.64. The molecule has 0 fully saturated rings. The van der Waals surface area contributed by atoms with Gasteiger partial charge in [-0.25, -0.2) is 4.79 Å². The van der Waals surface area contributed by atoms with Gasteiger partial charge in [-0.3, -0.25) is 4.79 Å². The zero-order valence-electron chi connectivity index (χ0n) is 8.76. The van der Waals surface area contributed by atoms with E-state index in [9.17, 15) is 14.7 Å². The van der Waals surface area contributed by atoms with Crippen molar-refractivity contribution in [3.8, 4) is 0 Å². The van der Waals surface area contributed by atoms with Crippen LogP contribution in [0.15, 0.2) is 23.1 Å². The number of Topliss-reactive ketones (excluding diaryl/α,β-unsaturated/α-hetero) is 1. The number of ketones is 1. The number of carbonyl (C=O) groups excluding carboxylic acids is 1. The van der Waals surface area contributed by atoms with E-state index in [0.717, 1.165) is 0 Å². The van der Waals surface area contributed by atoms with Gasteiger partial charge in [0.05, 0.1) is 5.88 Å². The fourth-order valence-corrected chi connectivity index (χ4v) is 1.70. The smallest absolute Gasteiger partial charge is 0.337 e. The van der Waals surface area contributed by atoms with Crippen LogP contribution in [-0.4, -0.2) is 27.8 Å². The quantitative estimate of drug-likeness (QED) is 0.561. The van der Waals surface area contributed by atoms with Crippen LogP contribution in [0.5, 0.6) is 0 Å². The number of halogens is 1. The number of aliphatic hydroxyl groups is 1. The Morgan fingerprint density at radius 2 is 2.06 bits per heavy atom. The van der Waals surface area contributed by atoms with Crippen molar-refractivity contribution in [1.82, 2.24) is 0 Å². The Kier molecular flexibility index (Phi) is 4.99. The third kappa shape index (κ3) is 3.73. The van der Waals surface area contributed by atoms with Crippen LogP contribution in [0.4, 0.5) is 0 Å². The highest BCUT2D eigenvalue weighted by Gasteiger charge is 2.19. The molecule has 0 aromatic heterocycles. The average Bonchev–Trinajstić information content (AvgIpc) is 2.30. The number of carbonyl (C=O) groups is 2. The minimum atomic E-state index is -1.64. The minimum absolute atomic E-state index is 0.0978. The van der Waals surface area contributed by atoms with Gasteiger partial charge in [0, 0.05) is 16.9 Å². The highest BCUT2D eigenvalue weighted by molar-refractivity contribution is 7.80. The summed E-state index contributed by atoms with van der Waals surface area (Å²) in [6.07, 6.45) is -1.54. The van der Waals surface area contributed by atoms with Gasteiger partial charge in [0.1, 0.15) is 0 Å². The minimum Gasteiger partial charge on any atom is -0.479 e. The van der Waals surface area contributed by atoms with E-state index in [2.05, 4.69) is 12.6 Å². The molecule has 4 nitrogen and oxygen atoms in total. The van der Waals surface area contributed by atoms with Crippen molar-refractivity contribution in [2.75, 3.05) is 5.88 Å². The second kappa shape index (κ2) is 6.05. The van der Waals surface area contributed by atoms with E-state index in [0.29, 0.717) is 10.5 Å². The van der Waals surface area contributed by atoms with Crippen LogP contribution in [0.1, 0.15) is 17.2 Å². The zero-order valence-corrected chi connectivity index (χ0v) is 10.4. The molecule has 0 radical (unpaired) electrons. The fraction of sp³-hybridized carbons (Fsp3) is 0.273. The Labute approximate surface area is 109 Å². The summed E-state index contributed by atoms with van der Waals surface area (Å²) in [6.45, 7) is 0. The first-order valence-electron chi connectivity index (χ1n) is 4.76. The lowest BCUT2D eigenvalue weighted by Crippen LogP contribution is -2.12. The van der Waals surface area contributed by atoms with Crippen LogP contribution in [-0.2, 0) is 16.0 Å². The number of hydrogen-bond acceptors (Lipinski definition) is 4. The molecule has 1 atom stereocenters. The Bertz CT molecular complexity index is 447. The third-order valence-electron chi connectivity index (χ3n) is 2.17. The Morgan fingerprint density at radius 3 is 2.59 bits per heavy atom. The van der Waals surface area contributed by atoms with Gasteiger partial charge < -0.3 is 10.2 Å². The van der Waals surface area contributed by atoms with Crippen molar-refractivity contribution >= 4 is 36.0 Å². The van der Waals surface area contributed by atoms with Gasteiger partial charge in [0.2, 0.25) is 0 Å². The van der Waals surface area contributed by atoms with Gasteiger partial charge in [-0.05, 0) is 11.6 Å². The van der Waals surface area contributed by atoms with Gasteiger partial charge in [-0.2, -0.15) is 0 Å². The van der Waals surface area contributed by atoms with Gasteiger partial charge >= 0.3 is 5.97 Å². The second-order valence-electron chi connectivity index (χ2n) is 3.48. The van der Waals surface area contributed by atoms with Crippen LogP contribution < -0.4 is 0 Å². The summed E-state index contributed by atoms with van der Waals surface area (Å²) in [5.74, 6) is -1.63. The molecule has 0 bridgehead atoms. The molecule has 0 spiro atoms. The highest BCUT2D eigenvalue weighted by Crippen LogP contribution is 2.23. The van der Waals surface area contributed by atoms with E-state index in [1.54, 1.807) is 12.1 Å². The molecule has 0 aliphatic carbocycles. The van der Waals surface area contributed by atoms with Gasteiger partial charge in [-0.1, -0.05) is 12.1 Å². The van der Waals surface area contributed by atoms with E-state index in [1.165, 1.54) is 6.07 Å². The number of carboxylic acids is 1. The molecule has 17 heavy (non-hydrogen) atoms. The van der Waals surface area contributed by atoms with Crippen molar-refractivity contribution in [3.05, 3.63) is 29.3 Å². The second-order valence-corrected chi connectivity index (χ2v) is 4.23. The first-order chi connectivity index (χ1) is 7.95. The molecule has 92 valence electrons. The lowest BCUT2D eigenvalue weighted by molar-refractivity contribution is -0.147. The molecule has 1 rings (SSSR count). The van der Waals surface area contributed by atoms with Gasteiger partial charge in [0.25, 0.3) is 0 Å². The summed E-state index contributed by atoms with van der Waals surface area (Å²) < 4.78 is 0. The van der Waals surface area contributed by atoms with Crippen LogP contribution in [0.25, 0.3) is 0 Å². The first kappa shape index (κ1) is 14.0. The maximum absolute atomic E-state index is 11.2. The molecule has 1 unspecified atom stereocenters. The molecule has 2 N–H and O–H groups in total. The van der Waals surface area contributed by atoms with Crippen molar-refractivity contribution in [2.24, 2.45) is 0 Å². The molecular formula is C11H11ClO4S. The highest BCUT2D eigenvalue weighted by atomic mass is 35.5. The maximum atomic E-state index is 11.2. The lowest BCUT2D eigenvalue weighted by Gasteiger charge is -2.10. The largest absolute Gasteiger partial charge is 0.479 e. The maximum Gasteiger partial charge on any atom is 0.337 e. The first-order valence-corrected chi connectivity index (χ1v) is 5.74. The van der Waals surface area contributed by atoms with Crippen LogP contribution in [0.3, 0.4) is 0 Å². The number of thiol groups is 1. The molecule has 0 aliphatic rings. The van der Waals surface area contributed by atoms with Crippen LogP contribution in [0.2, 0.25) is 0 Å². The zero-order chi connectivity index (χ0) is 13.0. The standard InChI is InChI=1S/C11H11ClO4S/c12-5-7(13)3-6-1-2-9(17)8(4-6)10(14)11(15)16/h1-2,4,10,14,17H,3,5H2,(H,15,16). The molecular weight excluding hydrogens is 264 g/mol. The Balaban J connectivity index is 3.02. The van der Waals surface area contributed by atoms with E-state index in [4.69, 9.17) is 16.7 Å². The number of aliphatic hydroxyl groups excluding tert-OH is 1. The van der Waals surface area contributed by atoms with Crippen LogP contribution >= 0.6 is 24.2 Å². The predicted octanol–water partition coefficient (Wildman–Crippen LogP) is 1.44. The molecule has 1 aromatic carbocycles. The Hall–Kier alpha value is -1.04. The van der Waals surface area contributed by atoms with Crippen molar-refractivity contribution in [3.63, 3.8) is 0 Å². The predicted molar refractivity (Wildman–Crippen MR) is 65.7 cm³/mol. The summed E-state index contributed by atoms with van der Waals surface area (Å²) in [5, 5.41) is 18.1. The lowest BCUT2D eigenvalue weighted by atomic mass is 10.0. The number of alkyl halides is 1. The van der Waals surface area contributed by atoms with Crippen LogP contribution in [0, 0.1) is 0 Å². The topological polar surface area (TPSA) is 74.6 Å². The summed E-state index contributed by atoms with van der Waals surface area (Å²) in [7, 11) is 0. The number of benzene rings is 1. The number of aliphatic carboxylic acids is 1. The molecule has 0 heterocycles. The van der Waals surface area contributed by atoms with Gasteiger partial charge in [-0.15, -0.1) is 24.2 Å². The monoisotopic (exact) mass is 274 g/mol. The summed E-state index contributed by atoms with van der Waals surface area (Å²) >= 11 is 9.44.